The number of rotatable bonds is 5. The van der Waals surface area contributed by atoms with E-state index in [4.69, 9.17) is 10.5 Å². The van der Waals surface area contributed by atoms with Crippen LogP contribution in [0.4, 0.5) is 5.69 Å². The van der Waals surface area contributed by atoms with Gasteiger partial charge in [-0.05, 0) is 44.5 Å². The molecule has 1 aromatic carbocycles. The molecular formula is C16H25N3O2. The molecule has 1 fully saturated rings. The maximum absolute atomic E-state index is 12.1. The number of ether oxygens (including phenoxy) is 1. The number of nitrogens with two attached hydrogens (primary N) is 1. The van der Waals surface area contributed by atoms with Gasteiger partial charge in [0.1, 0.15) is 11.3 Å². The van der Waals surface area contributed by atoms with E-state index in [0.29, 0.717) is 0 Å². The number of nitrogens with zero attached hydrogens (tertiary/aromatic N) is 1. The molecule has 1 aromatic rings. The van der Waals surface area contributed by atoms with Crippen molar-refractivity contribution >= 4 is 11.6 Å². The quantitative estimate of drug-likeness (QED) is 0.868. The Bertz CT molecular complexity index is 492. The molecule has 1 saturated heterocycles. The van der Waals surface area contributed by atoms with Crippen LogP contribution in [0.15, 0.2) is 24.3 Å². The normalized spacial score (nSPS) is 23.3. The van der Waals surface area contributed by atoms with Crippen molar-refractivity contribution in [1.82, 2.24) is 4.90 Å². The monoisotopic (exact) mass is 291 g/mol. The van der Waals surface area contributed by atoms with Crippen LogP contribution < -0.4 is 15.8 Å². The molecule has 0 aromatic heterocycles. The van der Waals surface area contributed by atoms with Gasteiger partial charge < -0.3 is 20.7 Å². The third kappa shape index (κ3) is 3.67. The fourth-order valence-corrected chi connectivity index (χ4v) is 2.92. The van der Waals surface area contributed by atoms with Crippen molar-refractivity contribution < 1.29 is 9.53 Å². The van der Waals surface area contributed by atoms with Crippen LogP contribution in [0.5, 0.6) is 5.75 Å². The molecular weight excluding hydrogens is 266 g/mol. The highest BCUT2D eigenvalue weighted by Gasteiger charge is 2.38. The molecule has 116 valence electrons. The first kappa shape index (κ1) is 15.6. The zero-order chi connectivity index (χ0) is 15.3. The number of hydrogen-bond donors (Lipinski definition) is 2. The Kier molecular flexibility index (Phi) is 5.07. The Morgan fingerprint density at radius 3 is 2.90 bits per heavy atom. The summed E-state index contributed by atoms with van der Waals surface area (Å²) < 4.78 is 5.23. The number of benzene rings is 1. The van der Waals surface area contributed by atoms with Crippen molar-refractivity contribution in [2.24, 2.45) is 5.73 Å². The lowest BCUT2D eigenvalue weighted by molar-refractivity contribution is -0.122. The van der Waals surface area contributed by atoms with Gasteiger partial charge >= 0.3 is 0 Å². The number of likely N-dealkylation sites (tertiary alicyclic amines) is 1. The first-order valence-electron chi connectivity index (χ1n) is 7.54. The van der Waals surface area contributed by atoms with Crippen LogP contribution in [0, 0.1) is 0 Å². The van der Waals surface area contributed by atoms with Crippen LogP contribution in [0.1, 0.15) is 26.2 Å². The van der Waals surface area contributed by atoms with Crippen molar-refractivity contribution in [2.45, 2.75) is 31.7 Å². The SMILES string of the molecule is CCN1CCCC(Nc2cccc(OC)c2)(C(N)=O)CC1. The smallest absolute Gasteiger partial charge is 0.243 e. The molecule has 1 amide bonds. The summed E-state index contributed by atoms with van der Waals surface area (Å²) in [6.45, 7) is 5.06. The summed E-state index contributed by atoms with van der Waals surface area (Å²) in [4.78, 5) is 14.5. The zero-order valence-electron chi connectivity index (χ0n) is 12.9. The molecule has 5 nitrogen and oxygen atoms in total. The number of hydrogen-bond acceptors (Lipinski definition) is 4. The third-order valence-corrected chi connectivity index (χ3v) is 4.30. The molecule has 0 aliphatic carbocycles. The predicted molar refractivity (Wildman–Crippen MR) is 84.5 cm³/mol. The molecule has 1 atom stereocenters. The minimum absolute atomic E-state index is 0.275. The lowest BCUT2D eigenvalue weighted by Gasteiger charge is -2.32. The molecule has 0 saturated carbocycles. The van der Waals surface area contributed by atoms with Gasteiger partial charge in [-0.3, -0.25) is 4.79 Å². The maximum Gasteiger partial charge on any atom is 0.243 e. The molecule has 1 unspecified atom stereocenters. The van der Waals surface area contributed by atoms with Gasteiger partial charge in [-0.15, -0.1) is 0 Å². The molecule has 0 bridgehead atoms. The second-order valence-electron chi connectivity index (χ2n) is 5.59. The zero-order valence-corrected chi connectivity index (χ0v) is 12.9. The summed E-state index contributed by atoms with van der Waals surface area (Å²) in [5.74, 6) is 0.492. The van der Waals surface area contributed by atoms with Gasteiger partial charge in [-0.2, -0.15) is 0 Å². The van der Waals surface area contributed by atoms with E-state index in [1.54, 1.807) is 7.11 Å². The Hall–Kier alpha value is -1.75. The predicted octanol–water partition coefficient (Wildman–Crippen LogP) is 1.84. The van der Waals surface area contributed by atoms with Crippen molar-refractivity contribution in [1.29, 1.82) is 0 Å². The van der Waals surface area contributed by atoms with E-state index < -0.39 is 5.54 Å². The fraction of sp³-hybridized carbons (Fsp3) is 0.562. The van der Waals surface area contributed by atoms with E-state index >= 15 is 0 Å². The van der Waals surface area contributed by atoms with E-state index in [1.807, 2.05) is 24.3 Å². The second kappa shape index (κ2) is 6.80. The van der Waals surface area contributed by atoms with E-state index in [9.17, 15) is 4.79 Å². The molecule has 21 heavy (non-hydrogen) atoms. The maximum atomic E-state index is 12.1. The number of carbonyl (C=O) groups excluding carboxylic acids is 1. The first-order chi connectivity index (χ1) is 10.1. The van der Waals surface area contributed by atoms with Crippen LogP contribution in [-0.4, -0.2) is 43.1 Å². The minimum Gasteiger partial charge on any atom is -0.497 e. The average molecular weight is 291 g/mol. The van der Waals surface area contributed by atoms with Gasteiger partial charge in [0.05, 0.1) is 7.11 Å². The average Bonchev–Trinajstić information content (AvgIpc) is 2.70. The van der Waals surface area contributed by atoms with Crippen molar-refractivity contribution in [3.63, 3.8) is 0 Å². The van der Waals surface area contributed by atoms with E-state index in [2.05, 4.69) is 17.1 Å². The summed E-state index contributed by atoms with van der Waals surface area (Å²) >= 11 is 0. The third-order valence-electron chi connectivity index (χ3n) is 4.30. The van der Waals surface area contributed by atoms with Crippen LogP contribution >= 0.6 is 0 Å². The highest BCUT2D eigenvalue weighted by molar-refractivity contribution is 5.88. The van der Waals surface area contributed by atoms with Gasteiger partial charge in [0.15, 0.2) is 0 Å². The fourth-order valence-electron chi connectivity index (χ4n) is 2.92. The molecule has 0 radical (unpaired) electrons. The Morgan fingerprint density at radius 1 is 1.43 bits per heavy atom. The van der Waals surface area contributed by atoms with Gasteiger partial charge in [-0.1, -0.05) is 13.0 Å². The Balaban J connectivity index is 2.19. The van der Waals surface area contributed by atoms with E-state index in [1.165, 1.54) is 0 Å². The summed E-state index contributed by atoms with van der Waals surface area (Å²) in [6.07, 6.45) is 2.46. The molecule has 1 aliphatic heterocycles. The second-order valence-corrected chi connectivity index (χ2v) is 5.59. The highest BCUT2D eigenvalue weighted by Crippen LogP contribution is 2.28. The van der Waals surface area contributed by atoms with Crippen molar-refractivity contribution in [3.8, 4) is 5.75 Å². The van der Waals surface area contributed by atoms with Gasteiger partial charge in [0, 0.05) is 18.3 Å². The number of amides is 1. The number of methoxy groups -OCH3 is 1. The molecule has 2 rings (SSSR count). The highest BCUT2D eigenvalue weighted by atomic mass is 16.5. The molecule has 5 heteroatoms. The summed E-state index contributed by atoms with van der Waals surface area (Å²) in [5, 5.41) is 3.37. The van der Waals surface area contributed by atoms with Gasteiger partial charge in [0.2, 0.25) is 5.91 Å². The lowest BCUT2D eigenvalue weighted by Crippen LogP contribution is -2.51. The summed E-state index contributed by atoms with van der Waals surface area (Å²) in [7, 11) is 1.63. The minimum atomic E-state index is -0.670. The molecule has 0 spiro atoms. The van der Waals surface area contributed by atoms with Gasteiger partial charge in [-0.25, -0.2) is 0 Å². The van der Waals surface area contributed by atoms with Crippen molar-refractivity contribution in [2.75, 3.05) is 32.1 Å². The number of carbonyl (C=O) groups is 1. The first-order valence-corrected chi connectivity index (χ1v) is 7.54. The largest absolute Gasteiger partial charge is 0.497 e. The summed E-state index contributed by atoms with van der Waals surface area (Å²) in [5.41, 5.74) is 5.93. The number of primary amides is 1. The topological polar surface area (TPSA) is 67.6 Å². The molecule has 1 aliphatic rings. The molecule has 1 heterocycles. The van der Waals surface area contributed by atoms with Crippen molar-refractivity contribution in [3.05, 3.63) is 24.3 Å². The number of nitrogens with one attached hydrogen (secondary N) is 1. The lowest BCUT2D eigenvalue weighted by atomic mass is 9.89. The van der Waals surface area contributed by atoms with Crippen LogP contribution in [0.3, 0.4) is 0 Å². The standard InChI is InChI=1S/C16H25N3O2/c1-3-19-10-5-8-16(9-11-19,15(17)20)18-13-6-4-7-14(12-13)21-2/h4,6-7,12,18H,3,5,8-11H2,1-2H3,(H2,17,20). The summed E-state index contributed by atoms with van der Waals surface area (Å²) in [6, 6.07) is 7.63. The Morgan fingerprint density at radius 2 is 2.24 bits per heavy atom. The Labute approximate surface area is 126 Å². The molecule has 3 N–H and O–H groups in total. The number of anilines is 1. The van der Waals surface area contributed by atoms with Gasteiger partial charge in [0.25, 0.3) is 0 Å². The van der Waals surface area contributed by atoms with Crippen LogP contribution in [0.2, 0.25) is 0 Å². The van der Waals surface area contributed by atoms with Crippen LogP contribution in [0.25, 0.3) is 0 Å². The van der Waals surface area contributed by atoms with E-state index in [0.717, 1.165) is 50.3 Å². The van der Waals surface area contributed by atoms with E-state index in [-0.39, 0.29) is 5.91 Å². The van der Waals surface area contributed by atoms with Crippen LogP contribution in [-0.2, 0) is 4.79 Å².